The maximum atomic E-state index is 12.9. The molecular formula is C20H37N5O7. The minimum absolute atomic E-state index is 0.199. The summed E-state index contributed by atoms with van der Waals surface area (Å²) >= 11 is 0. The van der Waals surface area contributed by atoms with Crippen LogP contribution in [-0.2, 0) is 24.0 Å². The molecule has 4 atom stereocenters. The average molecular weight is 460 g/mol. The summed E-state index contributed by atoms with van der Waals surface area (Å²) in [6.45, 7) is 7.03. The molecule has 0 spiro atoms. The van der Waals surface area contributed by atoms with Crippen LogP contribution in [-0.4, -0.2) is 70.6 Å². The molecular weight excluding hydrogens is 422 g/mol. The molecule has 0 fully saturated rings. The van der Waals surface area contributed by atoms with E-state index in [0.29, 0.717) is 19.4 Å². The summed E-state index contributed by atoms with van der Waals surface area (Å²) in [5, 5.41) is 25.5. The van der Waals surface area contributed by atoms with Gasteiger partial charge in [0.15, 0.2) is 0 Å². The summed E-state index contributed by atoms with van der Waals surface area (Å²) in [5.74, 6) is -5.34. The molecule has 12 heteroatoms. The second kappa shape index (κ2) is 14.4. The van der Waals surface area contributed by atoms with Crippen LogP contribution in [0.1, 0.15) is 53.4 Å². The molecule has 0 radical (unpaired) electrons. The van der Waals surface area contributed by atoms with Crippen molar-refractivity contribution in [3.63, 3.8) is 0 Å². The molecule has 0 aliphatic heterocycles. The first kappa shape index (κ1) is 29.3. The topological polar surface area (TPSA) is 214 Å². The van der Waals surface area contributed by atoms with Gasteiger partial charge in [-0.1, -0.05) is 27.7 Å². The third-order valence-corrected chi connectivity index (χ3v) is 4.79. The maximum Gasteiger partial charge on any atom is 0.326 e. The number of nitrogens with one attached hydrogen (secondary N) is 3. The second-order valence-corrected chi connectivity index (χ2v) is 8.35. The predicted octanol–water partition coefficient (Wildman–Crippen LogP) is -1.23. The van der Waals surface area contributed by atoms with E-state index in [2.05, 4.69) is 16.0 Å². The van der Waals surface area contributed by atoms with E-state index in [9.17, 15) is 29.1 Å². The van der Waals surface area contributed by atoms with Crippen LogP contribution in [0.3, 0.4) is 0 Å². The van der Waals surface area contributed by atoms with Crippen molar-refractivity contribution in [3.05, 3.63) is 0 Å². The molecule has 12 nitrogen and oxygen atoms in total. The van der Waals surface area contributed by atoms with Crippen LogP contribution in [0.2, 0.25) is 0 Å². The van der Waals surface area contributed by atoms with Crippen LogP contribution < -0.4 is 27.4 Å². The summed E-state index contributed by atoms with van der Waals surface area (Å²) in [5.41, 5.74) is 11.0. The first-order chi connectivity index (χ1) is 14.8. The van der Waals surface area contributed by atoms with Gasteiger partial charge < -0.3 is 37.6 Å². The fraction of sp³-hybridized carbons (Fsp3) is 0.750. The summed E-state index contributed by atoms with van der Waals surface area (Å²) < 4.78 is 0. The van der Waals surface area contributed by atoms with Crippen LogP contribution in [0.4, 0.5) is 0 Å². The summed E-state index contributed by atoms with van der Waals surface area (Å²) in [6.07, 6.45) is 0.677. The van der Waals surface area contributed by atoms with E-state index >= 15 is 0 Å². The summed E-state index contributed by atoms with van der Waals surface area (Å²) in [4.78, 5) is 60.0. The zero-order valence-electron chi connectivity index (χ0n) is 19.1. The lowest BCUT2D eigenvalue weighted by Gasteiger charge is -2.27. The Kier molecular flexibility index (Phi) is 13.1. The van der Waals surface area contributed by atoms with Gasteiger partial charge in [-0.15, -0.1) is 0 Å². The third-order valence-electron chi connectivity index (χ3n) is 4.79. The van der Waals surface area contributed by atoms with Crippen LogP contribution in [0.5, 0.6) is 0 Å². The van der Waals surface area contributed by atoms with Gasteiger partial charge in [-0.2, -0.15) is 0 Å². The molecule has 0 saturated heterocycles. The van der Waals surface area contributed by atoms with E-state index in [-0.39, 0.29) is 18.3 Å². The van der Waals surface area contributed by atoms with Crippen LogP contribution >= 0.6 is 0 Å². The quantitative estimate of drug-likeness (QED) is 0.146. The fourth-order valence-electron chi connectivity index (χ4n) is 2.87. The van der Waals surface area contributed by atoms with Crippen molar-refractivity contribution in [3.8, 4) is 0 Å². The number of hydrogen-bond acceptors (Lipinski definition) is 7. The number of nitrogens with two attached hydrogens (primary N) is 2. The lowest BCUT2D eigenvalue weighted by molar-refractivity contribution is -0.143. The fourth-order valence-corrected chi connectivity index (χ4v) is 2.87. The molecule has 32 heavy (non-hydrogen) atoms. The molecule has 9 N–H and O–H groups in total. The third kappa shape index (κ3) is 10.5. The number of unbranched alkanes of at least 4 members (excludes halogenated alkanes) is 1. The van der Waals surface area contributed by atoms with Crippen LogP contribution in [0.25, 0.3) is 0 Å². The van der Waals surface area contributed by atoms with Gasteiger partial charge in [0.05, 0.1) is 12.5 Å². The van der Waals surface area contributed by atoms with Gasteiger partial charge in [0, 0.05) is 0 Å². The van der Waals surface area contributed by atoms with Crippen molar-refractivity contribution in [1.29, 1.82) is 0 Å². The van der Waals surface area contributed by atoms with E-state index < -0.39 is 60.2 Å². The van der Waals surface area contributed by atoms with Crippen molar-refractivity contribution >= 4 is 29.7 Å². The van der Waals surface area contributed by atoms with Crippen molar-refractivity contribution < 1.29 is 34.2 Å². The number of amides is 3. The SMILES string of the molecule is CC(C)C(NC(=O)C(NC(=O)C(CCCCN)NC(=O)C(N)CC(=O)O)C(C)C)C(=O)O. The molecule has 0 rings (SSSR count). The number of hydrogen-bond donors (Lipinski definition) is 7. The standard InChI is InChI=1S/C20H37N5O7/c1-10(2)15(19(30)25-16(11(3)4)20(31)32)24-18(29)13(7-5-6-8-21)23-17(28)12(22)9-14(26)27/h10-13,15-16H,5-9,21-22H2,1-4H3,(H,23,28)(H,24,29)(H,25,30)(H,26,27)(H,31,32). The van der Waals surface area contributed by atoms with Gasteiger partial charge in [0.2, 0.25) is 17.7 Å². The van der Waals surface area contributed by atoms with Gasteiger partial charge >= 0.3 is 11.9 Å². The van der Waals surface area contributed by atoms with Gasteiger partial charge in [-0.3, -0.25) is 19.2 Å². The molecule has 0 aliphatic carbocycles. The Hall–Kier alpha value is -2.73. The van der Waals surface area contributed by atoms with Gasteiger partial charge in [0.25, 0.3) is 0 Å². The van der Waals surface area contributed by atoms with Crippen molar-refractivity contribution in [2.45, 2.75) is 77.5 Å². The number of aliphatic carboxylic acids is 2. The minimum atomic E-state index is -1.34. The number of rotatable bonds is 15. The second-order valence-electron chi connectivity index (χ2n) is 8.35. The minimum Gasteiger partial charge on any atom is -0.481 e. The Bertz CT molecular complexity index is 669. The molecule has 0 bridgehead atoms. The van der Waals surface area contributed by atoms with E-state index in [0.717, 1.165) is 0 Å². The normalized spacial score (nSPS) is 14.9. The van der Waals surface area contributed by atoms with E-state index in [4.69, 9.17) is 16.6 Å². The smallest absolute Gasteiger partial charge is 0.326 e. The highest BCUT2D eigenvalue weighted by molar-refractivity contribution is 5.94. The Balaban J connectivity index is 5.43. The number of carboxylic acid groups (broad SMARTS) is 2. The molecule has 0 aromatic heterocycles. The number of carbonyl (C=O) groups is 5. The monoisotopic (exact) mass is 459 g/mol. The van der Waals surface area contributed by atoms with E-state index in [1.165, 1.54) is 0 Å². The molecule has 3 amide bonds. The number of carbonyl (C=O) groups excluding carboxylic acids is 3. The molecule has 0 saturated carbocycles. The molecule has 184 valence electrons. The summed E-state index contributed by atoms with van der Waals surface area (Å²) in [6, 6.07) is -4.59. The predicted molar refractivity (Wildman–Crippen MR) is 116 cm³/mol. The van der Waals surface area contributed by atoms with E-state index in [1.54, 1.807) is 27.7 Å². The Morgan fingerprint density at radius 3 is 1.75 bits per heavy atom. The lowest BCUT2D eigenvalue weighted by atomic mass is 9.99. The first-order valence-electron chi connectivity index (χ1n) is 10.6. The van der Waals surface area contributed by atoms with E-state index in [1.807, 2.05) is 0 Å². The first-order valence-corrected chi connectivity index (χ1v) is 10.6. The highest BCUT2D eigenvalue weighted by atomic mass is 16.4. The maximum absolute atomic E-state index is 12.9. The lowest BCUT2D eigenvalue weighted by Crippen LogP contribution is -2.59. The van der Waals surface area contributed by atoms with Gasteiger partial charge in [-0.25, -0.2) is 4.79 Å². The number of carboxylic acids is 2. The van der Waals surface area contributed by atoms with Crippen molar-refractivity contribution in [2.24, 2.45) is 23.3 Å². The highest BCUT2D eigenvalue weighted by Crippen LogP contribution is 2.09. The molecule has 4 unspecified atom stereocenters. The Morgan fingerprint density at radius 2 is 1.31 bits per heavy atom. The highest BCUT2D eigenvalue weighted by Gasteiger charge is 2.32. The van der Waals surface area contributed by atoms with Crippen molar-refractivity contribution in [1.82, 2.24) is 16.0 Å². The molecule has 0 heterocycles. The Morgan fingerprint density at radius 1 is 0.781 bits per heavy atom. The zero-order valence-corrected chi connectivity index (χ0v) is 19.1. The largest absolute Gasteiger partial charge is 0.481 e. The van der Waals surface area contributed by atoms with Crippen LogP contribution in [0, 0.1) is 11.8 Å². The Labute approximate surface area is 187 Å². The molecule has 0 aliphatic rings. The zero-order chi connectivity index (χ0) is 25.0. The van der Waals surface area contributed by atoms with Crippen LogP contribution in [0.15, 0.2) is 0 Å². The molecule has 0 aromatic rings. The molecule has 0 aromatic carbocycles. The average Bonchev–Trinajstić information content (AvgIpc) is 2.67. The van der Waals surface area contributed by atoms with Gasteiger partial charge in [0.1, 0.15) is 18.1 Å². The van der Waals surface area contributed by atoms with Crippen molar-refractivity contribution in [2.75, 3.05) is 6.54 Å². The summed E-state index contributed by atoms with van der Waals surface area (Å²) in [7, 11) is 0. The van der Waals surface area contributed by atoms with Gasteiger partial charge in [-0.05, 0) is 37.6 Å².